The third kappa shape index (κ3) is 1.67. The van der Waals surface area contributed by atoms with E-state index in [9.17, 15) is 10.2 Å². The summed E-state index contributed by atoms with van der Waals surface area (Å²) in [4.78, 5) is 4.24. The van der Waals surface area contributed by atoms with Crippen LogP contribution < -0.4 is 0 Å². The highest BCUT2D eigenvalue weighted by Crippen LogP contribution is 2.32. The monoisotopic (exact) mass is 292 g/mol. The van der Waals surface area contributed by atoms with Gasteiger partial charge >= 0.3 is 0 Å². The Kier molecular flexibility index (Phi) is 2.65. The van der Waals surface area contributed by atoms with Gasteiger partial charge in [-0.3, -0.25) is 0 Å². The third-order valence-electron chi connectivity index (χ3n) is 3.70. The molecular formula is C11H12N6O4. The molecule has 3 aromatic rings. The van der Waals surface area contributed by atoms with Gasteiger partial charge in [-0.1, -0.05) is 0 Å². The molecule has 4 unspecified atom stereocenters. The molecule has 0 amide bonds. The molecule has 1 saturated heterocycles. The molecule has 1 aliphatic heterocycles. The zero-order chi connectivity index (χ0) is 14.6. The lowest BCUT2D eigenvalue weighted by molar-refractivity contribution is -0.0508. The van der Waals surface area contributed by atoms with Crippen LogP contribution in [0.5, 0.6) is 0 Å². The van der Waals surface area contributed by atoms with E-state index >= 15 is 0 Å². The lowest BCUT2D eigenvalue weighted by atomic mass is 10.1. The number of rotatable bonds is 2. The van der Waals surface area contributed by atoms with Crippen molar-refractivity contribution in [2.24, 2.45) is 0 Å². The Morgan fingerprint density at radius 3 is 2.86 bits per heavy atom. The molecule has 0 aromatic carbocycles. The fourth-order valence-electron chi connectivity index (χ4n) is 2.62. The van der Waals surface area contributed by atoms with E-state index in [1.807, 2.05) is 0 Å². The number of aliphatic hydroxyl groups is 3. The smallest absolute Gasteiger partial charge is 0.192 e. The molecule has 4 atom stereocenters. The highest BCUT2D eigenvalue weighted by atomic mass is 16.6. The Morgan fingerprint density at radius 2 is 2.10 bits per heavy atom. The number of nitrogens with zero attached hydrogens (tertiary/aromatic N) is 6. The maximum absolute atomic E-state index is 10.1. The van der Waals surface area contributed by atoms with Crippen LogP contribution in [0.25, 0.3) is 16.7 Å². The highest BCUT2D eigenvalue weighted by Gasteiger charge is 2.43. The average molecular weight is 292 g/mol. The second kappa shape index (κ2) is 4.43. The Morgan fingerprint density at radius 1 is 1.24 bits per heavy atom. The van der Waals surface area contributed by atoms with Gasteiger partial charge in [0.2, 0.25) is 0 Å². The molecule has 0 aliphatic carbocycles. The van der Waals surface area contributed by atoms with Crippen LogP contribution in [0.15, 0.2) is 18.6 Å². The normalized spacial score (nSPS) is 29.7. The maximum Gasteiger partial charge on any atom is 0.192 e. The van der Waals surface area contributed by atoms with Crippen LogP contribution in [0.4, 0.5) is 0 Å². The van der Waals surface area contributed by atoms with Gasteiger partial charge in [0, 0.05) is 6.20 Å². The first-order valence-corrected chi connectivity index (χ1v) is 6.36. The fourth-order valence-corrected chi connectivity index (χ4v) is 2.62. The van der Waals surface area contributed by atoms with E-state index in [4.69, 9.17) is 9.84 Å². The van der Waals surface area contributed by atoms with Crippen molar-refractivity contribution in [1.29, 1.82) is 0 Å². The minimum atomic E-state index is -1.16. The van der Waals surface area contributed by atoms with E-state index in [-0.39, 0.29) is 6.61 Å². The first-order valence-electron chi connectivity index (χ1n) is 6.36. The molecular weight excluding hydrogens is 280 g/mol. The van der Waals surface area contributed by atoms with Crippen molar-refractivity contribution in [2.45, 2.75) is 24.5 Å². The number of aromatic nitrogens is 6. The molecule has 1 aliphatic rings. The van der Waals surface area contributed by atoms with Crippen molar-refractivity contribution < 1.29 is 20.1 Å². The maximum atomic E-state index is 10.1. The molecule has 0 bridgehead atoms. The Balaban J connectivity index is 1.84. The van der Waals surface area contributed by atoms with E-state index in [0.717, 1.165) is 0 Å². The Labute approximate surface area is 117 Å². The first-order chi connectivity index (χ1) is 10.2. The van der Waals surface area contributed by atoms with Crippen LogP contribution >= 0.6 is 0 Å². The van der Waals surface area contributed by atoms with E-state index < -0.39 is 24.5 Å². The van der Waals surface area contributed by atoms with E-state index in [1.165, 1.54) is 10.8 Å². The molecule has 0 radical (unpaired) electrons. The molecule has 1 fully saturated rings. The van der Waals surface area contributed by atoms with Gasteiger partial charge < -0.3 is 24.6 Å². The summed E-state index contributed by atoms with van der Waals surface area (Å²) < 4.78 is 8.52. The molecule has 4 rings (SSSR count). The Bertz CT molecular complexity index is 800. The number of hydrogen-bond acceptors (Lipinski definition) is 8. The lowest BCUT2D eigenvalue weighted by Crippen LogP contribution is -2.33. The number of hydrogen-bond donors (Lipinski definition) is 3. The van der Waals surface area contributed by atoms with Gasteiger partial charge in [-0.15, -0.1) is 5.10 Å². The van der Waals surface area contributed by atoms with Crippen LogP contribution in [0.3, 0.4) is 0 Å². The summed E-state index contributed by atoms with van der Waals surface area (Å²) in [5.41, 5.74) is 1.05. The number of tetrazole rings is 1. The zero-order valence-corrected chi connectivity index (χ0v) is 10.7. The van der Waals surface area contributed by atoms with Gasteiger partial charge in [-0.05, 0) is 16.5 Å². The number of fused-ring (bicyclic) bond motifs is 3. The Hall–Kier alpha value is -2.14. The van der Waals surface area contributed by atoms with Crippen LogP contribution in [-0.2, 0) is 4.74 Å². The summed E-state index contributed by atoms with van der Waals surface area (Å²) in [6.45, 7) is -0.375. The molecule has 21 heavy (non-hydrogen) atoms. The van der Waals surface area contributed by atoms with Gasteiger partial charge in [0.25, 0.3) is 0 Å². The predicted octanol–water partition coefficient (Wildman–Crippen LogP) is -1.91. The van der Waals surface area contributed by atoms with Crippen LogP contribution in [0, 0.1) is 0 Å². The van der Waals surface area contributed by atoms with Gasteiger partial charge in [-0.25, -0.2) is 4.98 Å². The molecule has 10 nitrogen and oxygen atoms in total. The molecule has 3 aromatic heterocycles. The topological polar surface area (TPSA) is 131 Å². The molecule has 0 saturated carbocycles. The molecule has 10 heteroatoms. The second-order valence-electron chi connectivity index (χ2n) is 4.88. The summed E-state index contributed by atoms with van der Waals surface area (Å²) in [5, 5.41) is 41.0. The van der Waals surface area contributed by atoms with Crippen LogP contribution in [0.2, 0.25) is 0 Å². The van der Waals surface area contributed by atoms with Crippen molar-refractivity contribution in [1.82, 2.24) is 29.6 Å². The van der Waals surface area contributed by atoms with Gasteiger partial charge in [0.1, 0.15) is 30.3 Å². The quantitative estimate of drug-likeness (QED) is 0.498. The standard InChI is InChI=1S/C11H12N6O4/c18-3-6-7(19)8(20)11(21-6)16-2-1-5-9(16)12-4-17-10(5)13-14-15-17/h1-2,4,6-8,11,18-20H,3H2. The minimum Gasteiger partial charge on any atom is -0.394 e. The third-order valence-corrected chi connectivity index (χ3v) is 3.70. The van der Waals surface area contributed by atoms with Gasteiger partial charge in [-0.2, -0.15) is 4.52 Å². The van der Waals surface area contributed by atoms with Gasteiger partial charge in [0.15, 0.2) is 11.9 Å². The summed E-state index contributed by atoms with van der Waals surface area (Å²) in [6.07, 6.45) is -0.855. The van der Waals surface area contributed by atoms with E-state index in [2.05, 4.69) is 20.5 Å². The fraction of sp³-hybridized carbons (Fsp3) is 0.455. The molecule has 110 valence electrons. The molecule has 0 spiro atoms. The summed E-state index contributed by atoms with van der Waals surface area (Å²) in [5.74, 6) is 0. The summed E-state index contributed by atoms with van der Waals surface area (Å²) >= 11 is 0. The van der Waals surface area contributed by atoms with Crippen molar-refractivity contribution >= 4 is 16.7 Å². The minimum absolute atomic E-state index is 0.375. The van der Waals surface area contributed by atoms with Gasteiger partial charge in [0.05, 0.1) is 12.0 Å². The van der Waals surface area contributed by atoms with E-state index in [0.29, 0.717) is 16.7 Å². The van der Waals surface area contributed by atoms with Crippen LogP contribution in [-0.4, -0.2) is 69.8 Å². The van der Waals surface area contributed by atoms with Crippen molar-refractivity contribution in [3.8, 4) is 0 Å². The second-order valence-corrected chi connectivity index (χ2v) is 4.88. The number of aliphatic hydroxyl groups excluding tert-OH is 3. The predicted molar refractivity (Wildman–Crippen MR) is 67.1 cm³/mol. The highest BCUT2D eigenvalue weighted by molar-refractivity contribution is 5.89. The first kappa shape index (κ1) is 12.6. The largest absolute Gasteiger partial charge is 0.394 e. The van der Waals surface area contributed by atoms with Crippen molar-refractivity contribution in [2.75, 3.05) is 6.61 Å². The van der Waals surface area contributed by atoms with Crippen LogP contribution in [0.1, 0.15) is 6.23 Å². The van der Waals surface area contributed by atoms with E-state index in [1.54, 1.807) is 16.8 Å². The summed E-state index contributed by atoms with van der Waals surface area (Å²) in [6, 6.07) is 1.75. The van der Waals surface area contributed by atoms with Crippen molar-refractivity contribution in [3.63, 3.8) is 0 Å². The van der Waals surface area contributed by atoms with Crippen molar-refractivity contribution in [3.05, 3.63) is 18.6 Å². The number of ether oxygens (including phenoxy) is 1. The lowest BCUT2D eigenvalue weighted by Gasteiger charge is -2.17. The molecule has 4 heterocycles. The SMILES string of the molecule is OCC1OC(n2ccc3c2ncn2nnnc32)C(O)C1O. The zero-order valence-electron chi connectivity index (χ0n) is 10.7. The summed E-state index contributed by atoms with van der Waals surface area (Å²) in [7, 11) is 0. The molecule has 3 N–H and O–H groups in total. The average Bonchev–Trinajstić information content (AvgIpc) is 3.17.